The molecule has 3 aromatic carbocycles. The summed E-state index contributed by atoms with van der Waals surface area (Å²) in [4.78, 5) is 23.7. The molecule has 0 aromatic heterocycles. The van der Waals surface area contributed by atoms with E-state index in [1.807, 2.05) is 48.5 Å². The number of hydrogen-bond donors (Lipinski definition) is 2. The Morgan fingerprint density at radius 2 is 1.48 bits per heavy atom. The first-order valence-corrected chi connectivity index (χ1v) is 10.3. The van der Waals surface area contributed by atoms with Crippen LogP contribution in [0.1, 0.15) is 29.0 Å². The molecule has 0 unspecified atom stereocenters. The SMILES string of the molecule is O=C(O)C[C@H](Cc1cc(F)c(F)cc1F)NC(=O)OCC1c2ccccc2-c2ccccc21. The first-order chi connectivity index (χ1) is 15.8. The molecule has 0 saturated heterocycles. The molecular weight excluding hydrogens is 435 g/mol. The molecule has 33 heavy (non-hydrogen) atoms. The Balaban J connectivity index is 1.45. The van der Waals surface area contributed by atoms with Crippen LogP contribution in [0.2, 0.25) is 0 Å². The van der Waals surface area contributed by atoms with Crippen molar-refractivity contribution < 1.29 is 32.6 Å². The van der Waals surface area contributed by atoms with Crippen molar-refractivity contribution in [2.45, 2.75) is 24.8 Å². The van der Waals surface area contributed by atoms with Crippen LogP contribution >= 0.6 is 0 Å². The van der Waals surface area contributed by atoms with E-state index in [2.05, 4.69) is 5.32 Å². The molecule has 170 valence electrons. The van der Waals surface area contributed by atoms with E-state index >= 15 is 0 Å². The number of hydrogen-bond acceptors (Lipinski definition) is 3. The number of carboxylic acids is 1. The Bertz CT molecular complexity index is 1170. The first kappa shape index (κ1) is 22.4. The van der Waals surface area contributed by atoms with Crippen molar-refractivity contribution in [2.75, 3.05) is 6.61 Å². The molecule has 3 aromatic rings. The monoisotopic (exact) mass is 455 g/mol. The van der Waals surface area contributed by atoms with E-state index in [9.17, 15) is 22.8 Å². The van der Waals surface area contributed by atoms with Gasteiger partial charge in [0.15, 0.2) is 11.6 Å². The van der Waals surface area contributed by atoms with E-state index in [4.69, 9.17) is 9.84 Å². The molecular formula is C25H20F3NO4. The molecule has 5 nitrogen and oxygen atoms in total. The molecule has 0 aliphatic heterocycles. The molecule has 1 aliphatic rings. The lowest BCUT2D eigenvalue weighted by molar-refractivity contribution is -0.137. The molecule has 0 saturated carbocycles. The second-order valence-electron chi connectivity index (χ2n) is 7.83. The van der Waals surface area contributed by atoms with E-state index in [0.717, 1.165) is 22.3 Å². The van der Waals surface area contributed by atoms with Crippen molar-refractivity contribution in [3.63, 3.8) is 0 Å². The van der Waals surface area contributed by atoms with E-state index in [-0.39, 0.29) is 24.5 Å². The van der Waals surface area contributed by atoms with Crippen LogP contribution in [0.5, 0.6) is 0 Å². The summed E-state index contributed by atoms with van der Waals surface area (Å²) in [6.07, 6.45) is -1.78. The highest BCUT2D eigenvalue weighted by atomic mass is 19.2. The number of nitrogens with one attached hydrogen (secondary N) is 1. The number of halogens is 3. The Morgan fingerprint density at radius 3 is 2.09 bits per heavy atom. The van der Waals surface area contributed by atoms with Gasteiger partial charge >= 0.3 is 12.1 Å². The van der Waals surface area contributed by atoms with Crippen LogP contribution in [0.25, 0.3) is 11.1 Å². The zero-order valence-electron chi connectivity index (χ0n) is 17.4. The van der Waals surface area contributed by atoms with Gasteiger partial charge in [0.05, 0.1) is 6.42 Å². The van der Waals surface area contributed by atoms with Gasteiger partial charge in [-0.05, 0) is 40.3 Å². The average molecular weight is 455 g/mol. The summed E-state index contributed by atoms with van der Waals surface area (Å²) >= 11 is 0. The maximum Gasteiger partial charge on any atom is 0.407 e. The van der Waals surface area contributed by atoms with Crippen LogP contribution < -0.4 is 5.32 Å². The number of alkyl carbamates (subject to hydrolysis) is 1. The lowest BCUT2D eigenvalue weighted by Crippen LogP contribution is -2.39. The molecule has 2 N–H and O–H groups in total. The minimum atomic E-state index is -1.35. The number of rotatable bonds is 7. The number of amides is 1. The number of aliphatic carboxylic acids is 1. The Kier molecular flexibility index (Phi) is 6.35. The van der Waals surface area contributed by atoms with Crippen molar-refractivity contribution in [1.82, 2.24) is 5.32 Å². The van der Waals surface area contributed by atoms with Crippen molar-refractivity contribution in [3.8, 4) is 11.1 Å². The first-order valence-electron chi connectivity index (χ1n) is 10.3. The van der Waals surface area contributed by atoms with E-state index in [1.165, 1.54) is 0 Å². The quantitative estimate of drug-likeness (QED) is 0.490. The molecule has 0 fully saturated rings. The number of carbonyl (C=O) groups excluding carboxylic acids is 1. The lowest BCUT2D eigenvalue weighted by atomic mass is 9.98. The van der Waals surface area contributed by atoms with E-state index < -0.39 is 42.0 Å². The fraction of sp³-hybridized carbons (Fsp3) is 0.200. The summed E-state index contributed by atoms with van der Waals surface area (Å²) < 4.78 is 46.1. The number of carboxylic acid groups (broad SMARTS) is 1. The molecule has 1 aliphatic carbocycles. The topological polar surface area (TPSA) is 75.6 Å². The molecule has 4 rings (SSSR count). The van der Waals surface area contributed by atoms with Crippen LogP contribution in [0.4, 0.5) is 18.0 Å². The fourth-order valence-electron chi connectivity index (χ4n) is 4.18. The summed E-state index contributed by atoms with van der Waals surface area (Å²) in [6.45, 7) is 0.0131. The van der Waals surface area contributed by atoms with Crippen LogP contribution in [0, 0.1) is 17.5 Å². The van der Waals surface area contributed by atoms with Crippen LogP contribution in [-0.2, 0) is 16.0 Å². The third-order valence-corrected chi connectivity index (χ3v) is 5.64. The third kappa shape index (κ3) is 4.84. The second kappa shape index (κ2) is 9.36. The summed E-state index contributed by atoms with van der Waals surface area (Å²) in [5, 5.41) is 11.5. The summed E-state index contributed by atoms with van der Waals surface area (Å²) in [5.41, 5.74) is 3.88. The van der Waals surface area contributed by atoms with Gasteiger partial charge in [-0.1, -0.05) is 48.5 Å². The Labute approximate surface area is 187 Å². The van der Waals surface area contributed by atoms with Gasteiger partial charge in [0.1, 0.15) is 12.4 Å². The van der Waals surface area contributed by atoms with E-state index in [1.54, 1.807) is 0 Å². The minimum Gasteiger partial charge on any atom is -0.481 e. The van der Waals surface area contributed by atoms with Gasteiger partial charge in [-0.15, -0.1) is 0 Å². The van der Waals surface area contributed by atoms with E-state index in [0.29, 0.717) is 12.1 Å². The second-order valence-corrected chi connectivity index (χ2v) is 7.83. The lowest BCUT2D eigenvalue weighted by Gasteiger charge is -2.19. The summed E-state index contributed by atoms with van der Waals surface area (Å²) in [6, 6.07) is 15.5. The molecule has 0 radical (unpaired) electrons. The number of benzene rings is 3. The Hall–Kier alpha value is -3.81. The van der Waals surface area contributed by atoms with Gasteiger partial charge in [0.2, 0.25) is 0 Å². The Morgan fingerprint density at radius 1 is 0.909 bits per heavy atom. The van der Waals surface area contributed by atoms with Crippen LogP contribution in [0.15, 0.2) is 60.7 Å². The minimum absolute atomic E-state index is 0.0131. The van der Waals surface area contributed by atoms with Crippen LogP contribution in [0.3, 0.4) is 0 Å². The molecule has 1 amide bonds. The van der Waals surface area contributed by atoms with Gasteiger partial charge in [-0.3, -0.25) is 4.79 Å². The van der Waals surface area contributed by atoms with Crippen molar-refractivity contribution in [3.05, 3.63) is 94.8 Å². The predicted molar refractivity (Wildman–Crippen MR) is 114 cm³/mol. The maximum absolute atomic E-state index is 14.0. The molecule has 0 spiro atoms. The molecule has 0 heterocycles. The average Bonchev–Trinajstić information content (AvgIpc) is 3.09. The fourth-order valence-corrected chi connectivity index (χ4v) is 4.18. The number of carbonyl (C=O) groups is 2. The molecule has 0 bridgehead atoms. The van der Waals surface area contributed by atoms with Gasteiger partial charge in [0.25, 0.3) is 0 Å². The van der Waals surface area contributed by atoms with Gasteiger partial charge in [-0.25, -0.2) is 18.0 Å². The highest BCUT2D eigenvalue weighted by Gasteiger charge is 2.29. The standard InChI is InChI=1S/C25H20F3NO4/c26-21-12-23(28)22(27)10-14(21)9-15(11-24(30)31)29-25(32)33-13-20-18-7-3-1-5-16(18)17-6-2-4-8-19(17)20/h1-8,10,12,15,20H,9,11,13H2,(H,29,32)(H,30,31)/t15-/m0/s1. The molecule has 1 atom stereocenters. The smallest absolute Gasteiger partial charge is 0.407 e. The summed E-state index contributed by atoms with van der Waals surface area (Å²) in [5.74, 6) is -5.08. The van der Waals surface area contributed by atoms with Crippen molar-refractivity contribution in [1.29, 1.82) is 0 Å². The van der Waals surface area contributed by atoms with Crippen molar-refractivity contribution in [2.24, 2.45) is 0 Å². The number of fused-ring (bicyclic) bond motifs is 3. The highest BCUT2D eigenvalue weighted by molar-refractivity contribution is 5.79. The van der Waals surface area contributed by atoms with Gasteiger partial charge in [0, 0.05) is 18.0 Å². The van der Waals surface area contributed by atoms with Gasteiger partial charge in [-0.2, -0.15) is 0 Å². The van der Waals surface area contributed by atoms with Gasteiger partial charge < -0.3 is 15.2 Å². The molecule has 8 heteroatoms. The normalized spacial score (nSPS) is 13.2. The highest BCUT2D eigenvalue weighted by Crippen LogP contribution is 2.44. The zero-order chi connectivity index (χ0) is 23.5. The zero-order valence-corrected chi connectivity index (χ0v) is 17.4. The maximum atomic E-state index is 14.0. The largest absolute Gasteiger partial charge is 0.481 e. The predicted octanol–water partition coefficient (Wildman–Crippen LogP) is 5.03. The summed E-state index contributed by atoms with van der Waals surface area (Å²) in [7, 11) is 0. The van der Waals surface area contributed by atoms with Crippen LogP contribution in [-0.4, -0.2) is 29.8 Å². The third-order valence-electron chi connectivity index (χ3n) is 5.64. The number of ether oxygens (including phenoxy) is 1. The van der Waals surface area contributed by atoms with Crippen molar-refractivity contribution >= 4 is 12.1 Å².